The third-order valence-corrected chi connectivity index (χ3v) is 7.04. The number of rotatable bonds is 3. The van der Waals surface area contributed by atoms with Crippen molar-refractivity contribution in [1.29, 1.82) is 0 Å². The van der Waals surface area contributed by atoms with Gasteiger partial charge in [0, 0.05) is 5.39 Å². The van der Waals surface area contributed by atoms with Gasteiger partial charge in [-0.1, -0.05) is 38.0 Å². The van der Waals surface area contributed by atoms with Crippen molar-refractivity contribution < 1.29 is 18.7 Å². The Bertz CT molecular complexity index is 876. The summed E-state index contributed by atoms with van der Waals surface area (Å²) in [5, 5.41) is 9.65. The Balaban J connectivity index is 1.60. The molecule has 2 aromatic rings. The van der Waals surface area contributed by atoms with Crippen LogP contribution >= 0.6 is 0 Å². The Morgan fingerprint density at radius 1 is 1.07 bits per heavy atom. The van der Waals surface area contributed by atoms with Gasteiger partial charge in [-0.15, -0.1) is 0 Å². The Morgan fingerprint density at radius 2 is 1.81 bits per heavy atom. The second-order valence-electron chi connectivity index (χ2n) is 8.45. The predicted molar refractivity (Wildman–Crippen MR) is 102 cm³/mol. The van der Waals surface area contributed by atoms with Crippen molar-refractivity contribution in [2.24, 2.45) is 17.8 Å². The van der Waals surface area contributed by atoms with Gasteiger partial charge in [0.1, 0.15) is 17.2 Å². The Morgan fingerprint density at radius 3 is 2.56 bits per heavy atom. The van der Waals surface area contributed by atoms with E-state index in [9.17, 15) is 13.6 Å². The summed E-state index contributed by atoms with van der Waals surface area (Å²) < 4.78 is 28.5. The first-order valence-corrected chi connectivity index (χ1v) is 10.1. The third kappa shape index (κ3) is 3.35. The van der Waals surface area contributed by atoms with Crippen molar-refractivity contribution in [2.75, 3.05) is 0 Å². The molecular weight excluding hydrogens is 346 g/mol. The van der Waals surface area contributed by atoms with Gasteiger partial charge >= 0.3 is 5.97 Å². The zero-order valence-corrected chi connectivity index (χ0v) is 15.7. The highest BCUT2D eigenvalue weighted by Crippen LogP contribution is 2.48. The fourth-order valence-corrected chi connectivity index (χ4v) is 5.46. The van der Waals surface area contributed by atoms with E-state index in [0.717, 1.165) is 42.2 Å². The molecule has 0 heterocycles. The highest BCUT2D eigenvalue weighted by Gasteiger charge is 2.35. The fourth-order valence-electron chi connectivity index (χ4n) is 5.46. The summed E-state index contributed by atoms with van der Waals surface area (Å²) in [6, 6.07) is 6.53. The molecule has 0 radical (unpaired) electrons. The van der Waals surface area contributed by atoms with E-state index in [-0.39, 0.29) is 5.39 Å². The van der Waals surface area contributed by atoms with Gasteiger partial charge in [0.05, 0.1) is 0 Å². The van der Waals surface area contributed by atoms with E-state index < -0.39 is 23.2 Å². The smallest absolute Gasteiger partial charge is 0.341 e. The summed E-state index contributed by atoms with van der Waals surface area (Å²) >= 11 is 0. The zero-order chi connectivity index (χ0) is 19.1. The second-order valence-corrected chi connectivity index (χ2v) is 8.45. The predicted octanol–water partition coefficient (Wildman–Crippen LogP) is 6.53. The van der Waals surface area contributed by atoms with Crippen molar-refractivity contribution in [3.05, 3.63) is 47.0 Å². The number of carboxylic acids is 1. The summed E-state index contributed by atoms with van der Waals surface area (Å²) in [7, 11) is 0. The maximum absolute atomic E-state index is 14.4. The van der Waals surface area contributed by atoms with Crippen LogP contribution in [0, 0.1) is 29.4 Å². The van der Waals surface area contributed by atoms with E-state index in [1.54, 1.807) is 6.07 Å². The average molecular weight is 372 g/mol. The van der Waals surface area contributed by atoms with Gasteiger partial charge in [0.15, 0.2) is 0 Å². The van der Waals surface area contributed by atoms with Crippen molar-refractivity contribution in [2.45, 2.75) is 57.8 Å². The number of fused-ring (bicyclic) bond motifs is 2. The fraction of sp³-hybridized carbons (Fsp3) is 0.522. The van der Waals surface area contributed by atoms with Gasteiger partial charge in [-0.3, -0.25) is 0 Å². The van der Waals surface area contributed by atoms with Crippen molar-refractivity contribution in [3.8, 4) is 0 Å². The molecule has 0 aromatic heterocycles. The number of hydrogen-bond donors (Lipinski definition) is 1. The summed E-state index contributed by atoms with van der Waals surface area (Å²) in [6.07, 6.45) is 8.80. The third-order valence-electron chi connectivity index (χ3n) is 7.04. The highest BCUT2D eigenvalue weighted by atomic mass is 19.1. The van der Waals surface area contributed by atoms with E-state index >= 15 is 0 Å². The molecule has 2 saturated carbocycles. The van der Waals surface area contributed by atoms with E-state index in [1.165, 1.54) is 32.1 Å². The second kappa shape index (κ2) is 7.21. The van der Waals surface area contributed by atoms with Crippen LogP contribution in [0.1, 0.15) is 73.7 Å². The molecule has 1 N–H and O–H groups in total. The zero-order valence-electron chi connectivity index (χ0n) is 15.7. The van der Waals surface area contributed by atoms with Crippen molar-refractivity contribution in [3.63, 3.8) is 0 Å². The number of halogens is 2. The maximum Gasteiger partial charge on any atom is 0.341 e. The minimum atomic E-state index is -1.57. The van der Waals surface area contributed by atoms with Crippen LogP contribution in [0.5, 0.6) is 0 Å². The highest BCUT2D eigenvalue weighted by molar-refractivity contribution is 5.95. The van der Waals surface area contributed by atoms with Gasteiger partial charge < -0.3 is 5.11 Å². The number of carboxylic acid groups (broad SMARTS) is 1. The van der Waals surface area contributed by atoms with Crippen molar-refractivity contribution in [1.82, 2.24) is 0 Å². The molecule has 2 aliphatic rings. The molecule has 2 fully saturated rings. The van der Waals surface area contributed by atoms with E-state index in [2.05, 4.69) is 6.92 Å². The Hall–Kier alpha value is -1.97. The van der Waals surface area contributed by atoms with Gasteiger partial charge in [-0.05, 0) is 72.8 Å². The molecule has 2 aromatic carbocycles. The van der Waals surface area contributed by atoms with Crippen LogP contribution in [-0.4, -0.2) is 11.1 Å². The minimum Gasteiger partial charge on any atom is -0.477 e. The minimum absolute atomic E-state index is 0.176. The van der Waals surface area contributed by atoms with Gasteiger partial charge in [0.25, 0.3) is 0 Å². The van der Waals surface area contributed by atoms with Crippen LogP contribution in [-0.2, 0) is 0 Å². The number of hydrogen-bond acceptors (Lipinski definition) is 1. The van der Waals surface area contributed by atoms with Crippen LogP contribution < -0.4 is 0 Å². The van der Waals surface area contributed by atoms with Crippen LogP contribution in [0.15, 0.2) is 24.3 Å². The number of aromatic carboxylic acids is 1. The first-order chi connectivity index (χ1) is 13.0. The molecule has 2 aliphatic carbocycles. The molecule has 0 amide bonds. The average Bonchev–Trinajstić information content (AvgIpc) is 2.66. The van der Waals surface area contributed by atoms with Crippen LogP contribution in [0.25, 0.3) is 10.8 Å². The number of benzene rings is 2. The number of carbonyl (C=O) groups is 1. The molecular formula is C23H26F2O2. The van der Waals surface area contributed by atoms with Gasteiger partial charge in [0.2, 0.25) is 0 Å². The topological polar surface area (TPSA) is 37.3 Å². The largest absolute Gasteiger partial charge is 0.477 e. The Kier molecular flexibility index (Phi) is 4.92. The molecule has 144 valence electrons. The van der Waals surface area contributed by atoms with Crippen molar-refractivity contribution >= 4 is 16.7 Å². The van der Waals surface area contributed by atoms with E-state index in [0.29, 0.717) is 11.3 Å². The molecule has 0 saturated heterocycles. The quantitative estimate of drug-likeness (QED) is 0.665. The molecule has 4 atom stereocenters. The molecule has 27 heavy (non-hydrogen) atoms. The lowest BCUT2D eigenvalue weighted by atomic mass is 9.63. The standard InChI is InChI=1S/C23H26F2O2/c1-2-13-3-4-15-10-16(6-5-14(15)9-13)17-7-8-19-18(11-17)12-20(24)21(22(19)25)23(26)27/h7-8,11-16H,2-6,9-10H2,1H3,(H,26,27). The molecule has 2 nitrogen and oxygen atoms in total. The van der Waals surface area contributed by atoms with Gasteiger partial charge in [-0.25, -0.2) is 13.6 Å². The van der Waals surface area contributed by atoms with Crippen LogP contribution in [0.2, 0.25) is 0 Å². The molecule has 0 aliphatic heterocycles. The molecule has 0 bridgehead atoms. The summed E-state index contributed by atoms with van der Waals surface area (Å²) in [5.74, 6) is -0.635. The SMILES string of the molecule is CCC1CCC2CC(c3ccc4c(F)c(C(=O)O)c(F)cc4c3)CCC2C1. The van der Waals surface area contributed by atoms with Gasteiger partial charge in [-0.2, -0.15) is 0 Å². The first-order valence-electron chi connectivity index (χ1n) is 10.1. The Labute approximate surface area is 158 Å². The molecule has 4 heteroatoms. The normalized spacial score (nSPS) is 28.1. The molecule has 4 unspecified atom stereocenters. The van der Waals surface area contributed by atoms with Crippen LogP contribution in [0.3, 0.4) is 0 Å². The van der Waals surface area contributed by atoms with E-state index in [1.807, 2.05) is 12.1 Å². The maximum atomic E-state index is 14.4. The summed E-state index contributed by atoms with van der Waals surface area (Å²) in [4.78, 5) is 11.1. The first kappa shape index (κ1) is 18.4. The lowest BCUT2D eigenvalue weighted by molar-refractivity contribution is 0.0687. The van der Waals surface area contributed by atoms with Crippen LogP contribution in [0.4, 0.5) is 8.78 Å². The van der Waals surface area contributed by atoms with E-state index in [4.69, 9.17) is 5.11 Å². The lowest BCUT2D eigenvalue weighted by Crippen LogP contribution is -2.30. The molecule has 0 spiro atoms. The lowest BCUT2D eigenvalue weighted by Gasteiger charge is -2.42. The monoisotopic (exact) mass is 372 g/mol. The summed E-state index contributed by atoms with van der Waals surface area (Å²) in [6.45, 7) is 2.29. The summed E-state index contributed by atoms with van der Waals surface area (Å²) in [5.41, 5.74) is 0.254. The molecule has 4 rings (SSSR count).